The Morgan fingerprint density at radius 2 is 2.38 bits per heavy atom. The van der Waals surface area contributed by atoms with Gasteiger partial charge < -0.3 is 10.6 Å². The molecule has 1 saturated carbocycles. The highest BCUT2D eigenvalue weighted by atomic mass is 15.4. The predicted molar refractivity (Wildman–Crippen MR) is 51.3 cm³/mol. The van der Waals surface area contributed by atoms with Crippen LogP contribution < -0.4 is 10.6 Å². The molecule has 3 N–H and O–H groups in total. The highest BCUT2D eigenvalue weighted by Crippen LogP contribution is 2.38. The van der Waals surface area contributed by atoms with Gasteiger partial charge in [-0.25, -0.2) is 5.10 Å². The van der Waals surface area contributed by atoms with Crippen molar-refractivity contribution in [3.05, 3.63) is 0 Å². The van der Waals surface area contributed by atoms with E-state index in [1.54, 1.807) is 0 Å². The Morgan fingerprint density at radius 3 is 2.85 bits per heavy atom. The van der Waals surface area contributed by atoms with Crippen LogP contribution in [0.25, 0.3) is 0 Å². The summed E-state index contributed by atoms with van der Waals surface area (Å²) >= 11 is 0. The lowest BCUT2D eigenvalue weighted by Crippen LogP contribution is -2.21. The molecule has 1 aliphatic carbocycles. The van der Waals surface area contributed by atoms with Gasteiger partial charge in [-0.3, -0.25) is 0 Å². The molecule has 2 rings (SSSR count). The molecule has 0 aromatic carbocycles. The second-order valence-corrected chi connectivity index (χ2v) is 3.87. The summed E-state index contributed by atoms with van der Waals surface area (Å²) in [4.78, 5) is 6.10. The zero-order valence-electron chi connectivity index (χ0n) is 7.99. The lowest BCUT2D eigenvalue weighted by molar-refractivity contribution is 0.713. The van der Waals surface area contributed by atoms with E-state index in [1.165, 1.54) is 6.42 Å². The minimum absolute atomic E-state index is 0.380. The number of nitrogens with one attached hydrogen (secondary N) is 1. The Balaban J connectivity index is 1.93. The van der Waals surface area contributed by atoms with Gasteiger partial charge in [-0.2, -0.15) is 4.98 Å². The summed E-state index contributed by atoms with van der Waals surface area (Å²) in [6.07, 6.45) is 1.32. The Kier molecular flexibility index (Phi) is 1.86. The molecule has 0 aliphatic heterocycles. The summed E-state index contributed by atoms with van der Waals surface area (Å²) < 4.78 is 0. The molecule has 2 unspecified atom stereocenters. The van der Waals surface area contributed by atoms with Gasteiger partial charge in [0.1, 0.15) is 0 Å². The van der Waals surface area contributed by atoms with Gasteiger partial charge in [-0.05, 0) is 18.3 Å². The standard InChI is InChI=1S/C8H15N5/c1-5-3-6(5)4-13(2)8-10-7(9)11-12-8/h5-6H,3-4H2,1-2H3,(H3,9,10,11,12). The van der Waals surface area contributed by atoms with E-state index in [4.69, 9.17) is 5.73 Å². The van der Waals surface area contributed by atoms with Crippen molar-refractivity contribution in [3.8, 4) is 0 Å². The second-order valence-electron chi connectivity index (χ2n) is 3.87. The van der Waals surface area contributed by atoms with Crippen LogP contribution in [0.15, 0.2) is 0 Å². The van der Waals surface area contributed by atoms with E-state index < -0.39 is 0 Å². The third kappa shape index (κ3) is 1.74. The summed E-state index contributed by atoms with van der Waals surface area (Å²) in [5, 5.41) is 6.62. The molecule has 5 nitrogen and oxygen atoms in total. The topological polar surface area (TPSA) is 70.8 Å². The normalized spacial score (nSPS) is 26.0. The number of rotatable bonds is 3. The molecule has 0 radical (unpaired) electrons. The van der Waals surface area contributed by atoms with Crippen molar-refractivity contribution in [1.29, 1.82) is 0 Å². The van der Waals surface area contributed by atoms with Crippen LogP contribution in [0.2, 0.25) is 0 Å². The fraction of sp³-hybridized carbons (Fsp3) is 0.750. The van der Waals surface area contributed by atoms with Crippen molar-refractivity contribution in [3.63, 3.8) is 0 Å². The molecule has 0 amide bonds. The van der Waals surface area contributed by atoms with Gasteiger partial charge in [0, 0.05) is 13.6 Å². The molecule has 1 aliphatic rings. The molecular formula is C8H15N5. The van der Waals surface area contributed by atoms with Crippen LogP contribution in [0, 0.1) is 11.8 Å². The van der Waals surface area contributed by atoms with E-state index in [9.17, 15) is 0 Å². The molecule has 72 valence electrons. The molecular weight excluding hydrogens is 166 g/mol. The first-order valence-electron chi connectivity index (χ1n) is 4.56. The van der Waals surface area contributed by atoms with Gasteiger partial charge in [0.05, 0.1) is 0 Å². The van der Waals surface area contributed by atoms with Crippen molar-refractivity contribution >= 4 is 11.9 Å². The summed E-state index contributed by atoms with van der Waals surface area (Å²) in [5.74, 6) is 2.74. The van der Waals surface area contributed by atoms with Gasteiger partial charge in [-0.15, -0.1) is 5.10 Å². The first-order valence-corrected chi connectivity index (χ1v) is 4.56. The van der Waals surface area contributed by atoms with Crippen molar-refractivity contribution in [2.24, 2.45) is 11.8 Å². The Hall–Kier alpha value is -1.26. The summed E-state index contributed by atoms with van der Waals surface area (Å²) in [6.45, 7) is 3.29. The number of nitrogen functional groups attached to an aromatic ring is 1. The fourth-order valence-electron chi connectivity index (χ4n) is 1.52. The minimum atomic E-state index is 0.380. The number of aromatic nitrogens is 3. The quantitative estimate of drug-likeness (QED) is 0.711. The molecule has 0 spiro atoms. The molecule has 5 heteroatoms. The number of anilines is 2. The zero-order valence-corrected chi connectivity index (χ0v) is 7.99. The lowest BCUT2D eigenvalue weighted by Gasteiger charge is -2.13. The third-order valence-electron chi connectivity index (χ3n) is 2.62. The van der Waals surface area contributed by atoms with Crippen molar-refractivity contribution in [2.45, 2.75) is 13.3 Å². The molecule has 0 bridgehead atoms. The molecule has 0 saturated heterocycles. The maximum Gasteiger partial charge on any atom is 0.246 e. The van der Waals surface area contributed by atoms with Crippen LogP contribution in [0.1, 0.15) is 13.3 Å². The maximum absolute atomic E-state index is 5.43. The van der Waals surface area contributed by atoms with E-state index >= 15 is 0 Å². The zero-order chi connectivity index (χ0) is 9.42. The monoisotopic (exact) mass is 181 g/mol. The maximum atomic E-state index is 5.43. The highest BCUT2D eigenvalue weighted by Gasteiger charge is 2.33. The Morgan fingerprint density at radius 1 is 1.69 bits per heavy atom. The van der Waals surface area contributed by atoms with Gasteiger partial charge in [0.2, 0.25) is 11.9 Å². The summed E-state index contributed by atoms with van der Waals surface area (Å²) in [5.41, 5.74) is 5.43. The largest absolute Gasteiger partial charge is 0.368 e. The van der Waals surface area contributed by atoms with Gasteiger partial charge in [0.25, 0.3) is 0 Å². The number of aromatic amines is 1. The molecule has 1 aromatic rings. The number of hydrogen-bond acceptors (Lipinski definition) is 4. The van der Waals surface area contributed by atoms with E-state index in [0.29, 0.717) is 11.9 Å². The van der Waals surface area contributed by atoms with E-state index in [2.05, 4.69) is 22.1 Å². The second kappa shape index (κ2) is 2.90. The van der Waals surface area contributed by atoms with E-state index in [-0.39, 0.29) is 0 Å². The third-order valence-corrected chi connectivity index (χ3v) is 2.62. The Bertz CT molecular complexity index is 294. The van der Waals surface area contributed by atoms with Crippen LogP contribution in [-0.2, 0) is 0 Å². The highest BCUT2D eigenvalue weighted by molar-refractivity contribution is 5.32. The summed E-state index contributed by atoms with van der Waals surface area (Å²) in [7, 11) is 1.99. The Labute approximate surface area is 77.3 Å². The summed E-state index contributed by atoms with van der Waals surface area (Å²) in [6, 6.07) is 0. The number of nitrogens with zero attached hydrogens (tertiary/aromatic N) is 3. The number of hydrogen-bond donors (Lipinski definition) is 2. The first kappa shape index (κ1) is 8.34. The average molecular weight is 181 g/mol. The molecule has 1 aromatic heterocycles. The minimum Gasteiger partial charge on any atom is -0.368 e. The molecule has 1 fully saturated rings. The van der Waals surface area contributed by atoms with E-state index in [0.717, 1.165) is 18.4 Å². The molecule has 2 atom stereocenters. The SMILES string of the molecule is CC1CC1CN(C)c1n[nH]c(N)n1. The van der Waals surface area contributed by atoms with Gasteiger partial charge in [-0.1, -0.05) is 6.92 Å². The van der Waals surface area contributed by atoms with Crippen LogP contribution in [0.5, 0.6) is 0 Å². The van der Waals surface area contributed by atoms with Crippen molar-refractivity contribution < 1.29 is 0 Å². The fourth-order valence-corrected chi connectivity index (χ4v) is 1.52. The molecule has 13 heavy (non-hydrogen) atoms. The van der Waals surface area contributed by atoms with Crippen LogP contribution in [0.3, 0.4) is 0 Å². The van der Waals surface area contributed by atoms with Crippen LogP contribution in [-0.4, -0.2) is 28.8 Å². The van der Waals surface area contributed by atoms with Gasteiger partial charge >= 0.3 is 0 Å². The van der Waals surface area contributed by atoms with E-state index in [1.807, 2.05) is 11.9 Å². The molecule has 1 heterocycles. The number of nitrogens with two attached hydrogens (primary N) is 1. The smallest absolute Gasteiger partial charge is 0.246 e. The lowest BCUT2D eigenvalue weighted by atomic mass is 10.3. The average Bonchev–Trinajstić information content (AvgIpc) is 2.62. The first-order chi connectivity index (χ1) is 6.16. The predicted octanol–water partition coefficient (Wildman–Crippen LogP) is 0.479. The van der Waals surface area contributed by atoms with Crippen molar-refractivity contribution in [1.82, 2.24) is 15.2 Å². The van der Waals surface area contributed by atoms with Crippen LogP contribution in [0.4, 0.5) is 11.9 Å². The van der Waals surface area contributed by atoms with Crippen molar-refractivity contribution in [2.75, 3.05) is 24.2 Å². The number of H-pyrrole nitrogens is 1. The van der Waals surface area contributed by atoms with Crippen LogP contribution >= 0.6 is 0 Å². The van der Waals surface area contributed by atoms with Gasteiger partial charge in [0.15, 0.2) is 0 Å².